The molecule has 2 saturated heterocycles. The summed E-state index contributed by atoms with van der Waals surface area (Å²) in [6.07, 6.45) is -1.77. The van der Waals surface area contributed by atoms with Crippen molar-refractivity contribution in [2.45, 2.75) is 62.5 Å². The van der Waals surface area contributed by atoms with Crippen molar-refractivity contribution in [2.24, 2.45) is 11.3 Å². The first kappa shape index (κ1) is 34.9. The van der Waals surface area contributed by atoms with Gasteiger partial charge in [-0.2, -0.15) is 4.31 Å². The van der Waals surface area contributed by atoms with Crippen LogP contribution in [0.5, 0.6) is 11.5 Å². The highest BCUT2D eigenvalue weighted by Gasteiger charge is 2.44. The Bertz CT molecular complexity index is 1490. The molecular weight excluding hydrogens is 634 g/mol. The zero-order chi connectivity index (χ0) is 33.6. The molecule has 2 amide bonds. The number of hydrogen-bond donors (Lipinski definition) is 4. The number of amides is 2. The maximum absolute atomic E-state index is 14.2. The molecule has 15 heteroatoms. The summed E-state index contributed by atoms with van der Waals surface area (Å²) in [5.74, 6) is 0.0897. The normalized spacial score (nSPS) is 21.7. The number of nitrogens with one attached hydrogen (secondary N) is 2. The molecule has 14 nitrogen and oxygen atoms in total. The van der Waals surface area contributed by atoms with Crippen molar-refractivity contribution < 1.29 is 51.9 Å². The maximum atomic E-state index is 14.2. The number of fused-ring (bicyclic) bond motifs is 2. The van der Waals surface area contributed by atoms with Crippen LogP contribution >= 0.6 is 0 Å². The Morgan fingerprint density at radius 2 is 1.87 bits per heavy atom. The maximum Gasteiger partial charge on any atom is 0.407 e. The first-order valence-electron chi connectivity index (χ1n) is 15.6. The standard InChI is InChI=1S/C32H43N3O11S/c1-32(2,11-12-33-29(38)17-36)19-35(47(40,41)22-8-9-26-27(15-22)45-20-44-26)16-25(37)24(14-21-6-4-3-5-7-21)34-31(39)46-28-18-43-30-23(28)10-13-42-30/h3-9,15,23-25,28,30,36-37H,10-14,16-20H2,1-2H3,(H,33,38)(H,34,39). The molecule has 0 spiro atoms. The van der Waals surface area contributed by atoms with E-state index >= 15 is 0 Å². The van der Waals surface area contributed by atoms with Gasteiger partial charge in [0.15, 0.2) is 17.8 Å². The minimum Gasteiger partial charge on any atom is -0.454 e. The quantitative estimate of drug-likeness (QED) is 0.214. The smallest absolute Gasteiger partial charge is 0.407 e. The molecule has 2 aromatic rings. The molecule has 0 aromatic heterocycles. The molecular formula is C32H43N3O11S. The average Bonchev–Trinajstić information content (AvgIpc) is 3.79. The number of nitrogens with zero attached hydrogens (tertiary/aromatic N) is 1. The van der Waals surface area contributed by atoms with Crippen molar-refractivity contribution in [1.82, 2.24) is 14.9 Å². The van der Waals surface area contributed by atoms with Crippen LogP contribution in [0.3, 0.4) is 0 Å². The second-order valence-corrected chi connectivity index (χ2v) is 14.6. The molecule has 47 heavy (non-hydrogen) atoms. The summed E-state index contributed by atoms with van der Waals surface area (Å²) in [6, 6.07) is 12.6. The summed E-state index contributed by atoms with van der Waals surface area (Å²) in [4.78, 5) is 24.7. The van der Waals surface area contributed by atoms with Crippen molar-refractivity contribution in [1.29, 1.82) is 0 Å². The Labute approximate surface area is 274 Å². The molecule has 5 rings (SSSR count). The number of aliphatic hydroxyl groups excluding tert-OH is 2. The van der Waals surface area contributed by atoms with E-state index in [2.05, 4.69) is 10.6 Å². The Morgan fingerprint density at radius 1 is 1.11 bits per heavy atom. The first-order valence-corrected chi connectivity index (χ1v) is 17.1. The van der Waals surface area contributed by atoms with Crippen molar-refractivity contribution in [3.63, 3.8) is 0 Å². The SMILES string of the molecule is CC(C)(CCNC(=O)CO)CN(CC(O)C(Cc1ccccc1)NC(=O)OC1COC2OCCC12)S(=O)(=O)c1ccc2c(c1)OCO2. The van der Waals surface area contributed by atoms with Crippen LogP contribution in [0.1, 0.15) is 32.3 Å². The lowest BCUT2D eigenvalue weighted by Gasteiger charge is -2.35. The van der Waals surface area contributed by atoms with E-state index in [0.717, 1.165) is 5.56 Å². The van der Waals surface area contributed by atoms with Crippen molar-refractivity contribution in [3.8, 4) is 11.5 Å². The molecule has 5 atom stereocenters. The molecule has 0 radical (unpaired) electrons. The number of ether oxygens (including phenoxy) is 5. The van der Waals surface area contributed by atoms with Gasteiger partial charge in [0.25, 0.3) is 0 Å². The summed E-state index contributed by atoms with van der Waals surface area (Å²) in [5.41, 5.74) is 0.130. The highest BCUT2D eigenvalue weighted by atomic mass is 32.2. The van der Waals surface area contributed by atoms with Crippen LogP contribution in [0.25, 0.3) is 0 Å². The van der Waals surface area contributed by atoms with Gasteiger partial charge < -0.3 is 44.5 Å². The van der Waals surface area contributed by atoms with Gasteiger partial charge >= 0.3 is 6.09 Å². The van der Waals surface area contributed by atoms with E-state index in [9.17, 15) is 23.1 Å². The molecule has 2 aromatic carbocycles. The molecule has 0 aliphatic carbocycles. The first-order chi connectivity index (χ1) is 22.4. The second-order valence-electron chi connectivity index (χ2n) is 12.7. The van der Waals surface area contributed by atoms with E-state index in [1.54, 1.807) is 0 Å². The van der Waals surface area contributed by atoms with E-state index in [1.807, 2.05) is 44.2 Å². The van der Waals surface area contributed by atoms with E-state index in [4.69, 9.17) is 28.8 Å². The summed E-state index contributed by atoms with van der Waals surface area (Å²) in [5, 5.41) is 26.1. The van der Waals surface area contributed by atoms with Crippen molar-refractivity contribution in [2.75, 3.05) is 46.2 Å². The lowest BCUT2D eigenvalue weighted by atomic mass is 9.89. The summed E-state index contributed by atoms with van der Waals surface area (Å²) in [7, 11) is -4.22. The molecule has 5 unspecified atom stereocenters. The third-order valence-electron chi connectivity index (χ3n) is 8.55. The van der Waals surface area contributed by atoms with Gasteiger partial charge in [0.1, 0.15) is 12.7 Å². The van der Waals surface area contributed by atoms with Crippen LogP contribution in [0.4, 0.5) is 4.79 Å². The number of carbonyl (C=O) groups is 2. The Hall–Kier alpha value is -3.47. The highest BCUT2D eigenvalue weighted by molar-refractivity contribution is 7.89. The third kappa shape index (κ3) is 8.91. The number of benzene rings is 2. The van der Waals surface area contributed by atoms with Gasteiger partial charge in [0.05, 0.1) is 36.2 Å². The lowest BCUT2D eigenvalue weighted by molar-refractivity contribution is -0.123. The molecule has 4 N–H and O–H groups in total. The van der Waals surface area contributed by atoms with Crippen LogP contribution in [0.15, 0.2) is 53.4 Å². The van der Waals surface area contributed by atoms with E-state index in [0.29, 0.717) is 25.2 Å². The molecule has 2 fully saturated rings. The molecule has 3 aliphatic rings. The minimum atomic E-state index is -4.22. The number of sulfonamides is 1. The molecule has 0 saturated carbocycles. The summed E-state index contributed by atoms with van der Waals surface area (Å²) in [6.45, 7) is 3.51. The Kier molecular flexibility index (Phi) is 11.3. The lowest BCUT2D eigenvalue weighted by Crippen LogP contribution is -2.52. The van der Waals surface area contributed by atoms with Crippen molar-refractivity contribution in [3.05, 3.63) is 54.1 Å². The average molecular weight is 678 g/mol. The topological polar surface area (TPSA) is 182 Å². The van der Waals surface area contributed by atoms with Gasteiger partial charge in [0.2, 0.25) is 22.7 Å². The van der Waals surface area contributed by atoms with Gasteiger partial charge in [-0.3, -0.25) is 4.79 Å². The monoisotopic (exact) mass is 677 g/mol. The summed E-state index contributed by atoms with van der Waals surface area (Å²) >= 11 is 0. The van der Waals surface area contributed by atoms with E-state index in [1.165, 1.54) is 22.5 Å². The number of hydrogen-bond acceptors (Lipinski definition) is 11. The zero-order valence-electron chi connectivity index (χ0n) is 26.5. The molecule has 0 bridgehead atoms. The minimum absolute atomic E-state index is 0.0296. The molecule has 258 valence electrons. The van der Waals surface area contributed by atoms with E-state index < -0.39 is 58.6 Å². The fourth-order valence-electron chi connectivity index (χ4n) is 5.94. The number of alkyl carbamates (subject to hydrolysis) is 1. The van der Waals surface area contributed by atoms with Crippen LogP contribution < -0.4 is 20.1 Å². The third-order valence-corrected chi connectivity index (χ3v) is 10.4. The molecule has 3 heterocycles. The van der Waals surface area contributed by atoms with Gasteiger partial charge in [0, 0.05) is 25.7 Å². The van der Waals surface area contributed by atoms with Gasteiger partial charge in [-0.05, 0) is 42.4 Å². The Balaban J connectivity index is 1.37. The number of aliphatic hydroxyl groups is 2. The highest BCUT2D eigenvalue weighted by Crippen LogP contribution is 2.36. The largest absolute Gasteiger partial charge is 0.454 e. The van der Waals surface area contributed by atoms with Crippen LogP contribution in [-0.4, -0.2) is 106 Å². The number of carbonyl (C=O) groups excluding carboxylic acids is 2. The predicted molar refractivity (Wildman–Crippen MR) is 167 cm³/mol. The fourth-order valence-corrected chi connectivity index (χ4v) is 7.61. The predicted octanol–water partition coefficient (Wildman–Crippen LogP) is 1.39. The van der Waals surface area contributed by atoms with Crippen molar-refractivity contribution >= 4 is 22.0 Å². The summed E-state index contributed by atoms with van der Waals surface area (Å²) < 4.78 is 57.1. The van der Waals surface area contributed by atoms with Crippen LogP contribution in [0, 0.1) is 11.3 Å². The number of rotatable bonds is 15. The van der Waals surface area contributed by atoms with Gasteiger partial charge in [-0.15, -0.1) is 0 Å². The van der Waals surface area contributed by atoms with E-state index in [-0.39, 0.29) is 56.0 Å². The second kappa shape index (κ2) is 15.2. The Morgan fingerprint density at radius 3 is 2.64 bits per heavy atom. The van der Waals surface area contributed by atoms with Gasteiger partial charge in [-0.25, -0.2) is 13.2 Å². The van der Waals surface area contributed by atoms with Crippen LogP contribution in [-0.2, 0) is 35.4 Å². The van der Waals surface area contributed by atoms with Crippen LogP contribution in [0.2, 0.25) is 0 Å². The molecule has 3 aliphatic heterocycles. The zero-order valence-corrected chi connectivity index (χ0v) is 27.3. The fraction of sp³-hybridized carbons (Fsp3) is 0.562. The van der Waals surface area contributed by atoms with Gasteiger partial charge in [-0.1, -0.05) is 44.2 Å².